The summed E-state index contributed by atoms with van der Waals surface area (Å²) in [5.74, 6) is 0.681. The Hall–Kier alpha value is -2.82. The van der Waals surface area contributed by atoms with Gasteiger partial charge in [-0.15, -0.1) is 0 Å². The molecule has 1 unspecified atom stereocenters. The molecule has 5 rings (SSSR count). The summed E-state index contributed by atoms with van der Waals surface area (Å²) >= 11 is 7.15. The smallest absolute Gasteiger partial charge is 0.0463 e. The van der Waals surface area contributed by atoms with Crippen LogP contribution in [0.4, 0.5) is 28.4 Å². The number of anilines is 5. The molecule has 0 bridgehead atoms. The third-order valence-corrected chi connectivity index (χ3v) is 7.93. The summed E-state index contributed by atoms with van der Waals surface area (Å²) < 4.78 is 2.17. The SMILES string of the molecule is C=Cc1ccc(N(c2ccc(Br)cc2)c2ccc(N(c3ccc(Br)cc3)C3CC[C@H]3C)cc2)cc1. The van der Waals surface area contributed by atoms with E-state index in [4.69, 9.17) is 0 Å². The van der Waals surface area contributed by atoms with Gasteiger partial charge in [0.1, 0.15) is 0 Å². The van der Waals surface area contributed by atoms with E-state index in [0.717, 1.165) is 31.6 Å². The van der Waals surface area contributed by atoms with Crippen molar-refractivity contribution in [1.29, 1.82) is 0 Å². The maximum atomic E-state index is 3.89. The average molecular weight is 588 g/mol. The van der Waals surface area contributed by atoms with Gasteiger partial charge in [0.05, 0.1) is 0 Å². The lowest BCUT2D eigenvalue weighted by Gasteiger charge is -2.44. The first-order valence-electron chi connectivity index (χ1n) is 12.0. The fraction of sp³-hybridized carbons (Fsp3) is 0.161. The van der Waals surface area contributed by atoms with E-state index in [1.54, 1.807) is 0 Å². The van der Waals surface area contributed by atoms with Gasteiger partial charge in [0.2, 0.25) is 0 Å². The lowest BCUT2D eigenvalue weighted by atomic mass is 9.79. The summed E-state index contributed by atoms with van der Waals surface area (Å²) in [5, 5.41) is 0. The summed E-state index contributed by atoms with van der Waals surface area (Å²) in [6, 6.07) is 35.1. The van der Waals surface area contributed by atoms with Gasteiger partial charge in [-0.1, -0.05) is 63.6 Å². The molecule has 0 aliphatic heterocycles. The Morgan fingerprint density at radius 1 is 0.629 bits per heavy atom. The van der Waals surface area contributed by atoms with Crippen molar-refractivity contribution in [3.63, 3.8) is 0 Å². The molecule has 4 aromatic carbocycles. The molecule has 1 aliphatic carbocycles. The van der Waals surface area contributed by atoms with Gasteiger partial charge in [-0.3, -0.25) is 0 Å². The van der Waals surface area contributed by atoms with Crippen LogP contribution in [0.5, 0.6) is 0 Å². The van der Waals surface area contributed by atoms with Crippen LogP contribution in [-0.4, -0.2) is 6.04 Å². The number of nitrogens with zero attached hydrogens (tertiary/aromatic N) is 2. The molecule has 0 spiro atoms. The van der Waals surface area contributed by atoms with E-state index in [1.807, 2.05) is 6.08 Å². The van der Waals surface area contributed by atoms with E-state index in [9.17, 15) is 0 Å². The molecule has 0 radical (unpaired) electrons. The predicted octanol–water partition coefficient (Wildman–Crippen LogP) is 10.3. The van der Waals surface area contributed by atoms with Crippen LogP contribution >= 0.6 is 31.9 Å². The summed E-state index contributed by atoms with van der Waals surface area (Å²) in [6.45, 7) is 6.25. The molecule has 1 saturated carbocycles. The van der Waals surface area contributed by atoms with Crippen LogP contribution in [-0.2, 0) is 0 Å². The second-order valence-corrected chi connectivity index (χ2v) is 10.9. The number of hydrogen-bond donors (Lipinski definition) is 0. The van der Waals surface area contributed by atoms with Crippen molar-refractivity contribution in [3.05, 3.63) is 118 Å². The van der Waals surface area contributed by atoms with Crippen molar-refractivity contribution in [2.45, 2.75) is 25.8 Å². The fourth-order valence-corrected chi connectivity index (χ4v) is 5.25. The van der Waals surface area contributed by atoms with Crippen LogP contribution in [0.1, 0.15) is 25.3 Å². The van der Waals surface area contributed by atoms with Crippen LogP contribution in [0.25, 0.3) is 6.08 Å². The van der Waals surface area contributed by atoms with Gasteiger partial charge < -0.3 is 9.80 Å². The molecule has 4 heteroatoms. The maximum Gasteiger partial charge on any atom is 0.0463 e. The maximum absolute atomic E-state index is 3.89. The summed E-state index contributed by atoms with van der Waals surface area (Å²) in [7, 11) is 0. The molecule has 1 fully saturated rings. The van der Waals surface area contributed by atoms with Gasteiger partial charge in [-0.2, -0.15) is 0 Å². The van der Waals surface area contributed by atoms with Crippen molar-refractivity contribution in [1.82, 2.24) is 0 Å². The third kappa shape index (κ3) is 5.10. The van der Waals surface area contributed by atoms with Gasteiger partial charge in [0.15, 0.2) is 0 Å². The number of rotatable bonds is 7. The minimum atomic E-state index is 0.524. The zero-order valence-electron chi connectivity index (χ0n) is 19.7. The molecule has 0 amide bonds. The number of halogens is 2. The number of hydrogen-bond acceptors (Lipinski definition) is 2. The summed E-state index contributed by atoms with van der Waals surface area (Å²) in [6.07, 6.45) is 4.38. The zero-order chi connectivity index (χ0) is 24.4. The highest BCUT2D eigenvalue weighted by atomic mass is 79.9. The van der Waals surface area contributed by atoms with Gasteiger partial charge in [-0.05, 0) is 109 Å². The Morgan fingerprint density at radius 3 is 1.43 bits per heavy atom. The highest BCUT2D eigenvalue weighted by Gasteiger charge is 2.33. The Bertz CT molecular complexity index is 1280. The quantitative estimate of drug-likeness (QED) is 0.212. The highest BCUT2D eigenvalue weighted by Crippen LogP contribution is 2.42. The Morgan fingerprint density at radius 2 is 1.03 bits per heavy atom. The van der Waals surface area contributed by atoms with E-state index in [-0.39, 0.29) is 0 Å². The van der Waals surface area contributed by atoms with Gasteiger partial charge >= 0.3 is 0 Å². The van der Waals surface area contributed by atoms with Crippen molar-refractivity contribution in [2.24, 2.45) is 5.92 Å². The molecule has 0 heterocycles. The van der Waals surface area contributed by atoms with Crippen LogP contribution in [0.3, 0.4) is 0 Å². The normalized spacial score (nSPS) is 16.9. The highest BCUT2D eigenvalue weighted by molar-refractivity contribution is 9.10. The van der Waals surface area contributed by atoms with Crippen LogP contribution in [0.15, 0.2) is 113 Å². The minimum Gasteiger partial charge on any atom is -0.338 e. The molecule has 176 valence electrons. The van der Waals surface area contributed by atoms with E-state index < -0.39 is 0 Å². The molecule has 2 nitrogen and oxygen atoms in total. The molecule has 0 saturated heterocycles. The second kappa shape index (κ2) is 10.4. The molecular weight excluding hydrogens is 560 g/mol. The van der Waals surface area contributed by atoms with Crippen LogP contribution < -0.4 is 9.80 Å². The summed E-state index contributed by atoms with van der Waals surface area (Å²) in [4.78, 5) is 4.80. The Balaban J connectivity index is 1.53. The molecule has 4 aromatic rings. The Kier molecular flexibility index (Phi) is 7.12. The van der Waals surface area contributed by atoms with Crippen molar-refractivity contribution in [2.75, 3.05) is 9.80 Å². The first-order valence-corrected chi connectivity index (χ1v) is 13.5. The minimum absolute atomic E-state index is 0.524. The fourth-order valence-electron chi connectivity index (χ4n) is 4.73. The third-order valence-electron chi connectivity index (χ3n) is 6.87. The number of benzene rings is 4. The lowest BCUT2D eigenvalue weighted by Crippen LogP contribution is -2.43. The first kappa shape index (κ1) is 23.9. The van der Waals surface area contributed by atoms with Crippen LogP contribution in [0.2, 0.25) is 0 Å². The standard InChI is InChI=1S/C31H28Br2N2/c1-3-23-5-11-26(12-6-23)34(27-13-7-24(32)8-14-27)28-17-19-30(20-18-28)35(31-21-4-22(31)2)29-15-9-25(33)10-16-29/h3,5-20,22,31H,1,4,21H2,2H3/t22-,31?/m1/s1. The van der Waals surface area contributed by atoms with Gasteiger partial charge in [-0.25, -0.2) is 0 Å². The van der Waals surface area contributed by atoms with E-state index in [1.165, 1.54) is 24.2 Å². The van der Waals surface area contributed by atoms with E-state index in [2.05, 4.69) is 152 Å². The monoisotopic (exact) mass is 586 g/mol. The molecule has 2 atom stereocenters. The van der Waals surface area contributed by atoms with Crippen LogP contribution in [0, 0.1) is 5.92 Å². The van der Waals surface area contributed by atoms with Crippen molar-refractivity contribution < 1.29 is 0 Å². The predicted molar refractivity (Wildman–Crippen MR) is 157 cm³/mol. The van der Waals surface area contributed by atoms with Crippen molar-refractivity contribution in [3.8, 4) is 0 Å². The molecule has 0 aromatic heterocycles. The van der Waals surface area contributed by atoms with Gasteiger partial charge in [0, 0.05) is 43.4 Å². The Labute approximate surface area is 225 Å². The van der Waals surface area contributed by atoms with Crippen molar-refractivity contribution >= 4 is 66.4 Å². The molecular formula is C31H28Br2N2. The topological polar surface area (TPSA) is 6.48 Å². The molecule has 1 aliphatic rings. The largest absolute Gasteiger partial charge is 0.338 e. The zero-order valence-corrected chi connectivity index (χ0v) is 22.9. The average Bonchev–Trinajstić information content (AvgIpc) is 2.89. The van der Waals surface area contributed by atoms with E-state index in [0.29, 0.717) is 12.0 Å². The van der Waals surface area contributed by atoms with E-state index >= 15 is 0 Å². The van der Waals surface area contributed by atoms with Gasteiger partial charge in [0.25, 0.3) is 0 Å². The second-order valence-electron chi connectivity index (χ2n) is 9.09. The summed E-state index contributed by atoms with van der Waals surface area (Å²) in [5.41, 5.74) is 6.93. The molecule has 35 heavy (non-hydrogen) atoms. The lowest BCUT2D eigenvalue weighted by molar-refractivity contribution is 0.279. The molecule has 0 N–H and O–H groups in total. The first-order chi connectivity index (χ1) is 17.0.